The molecule has 2 aromatic heterocycles. The lowest BCUT2D eigenvalue weighted by Gasteiger charge is -2.08. The number of ether oxygens (including phenoxy) is 1. The van der Waals surface area contributed by atoms with Crippen molar-refractivity contribution in [1.82, 2.24) is 15.0 Å². The van der Waals surface area contributed by atoms with Crippen LogP contribution in [0, 0.1) is 0 Å². The molecule has 118 valence electrons. The number of hydrogen-bond donors (Lipinski definition) is 2. The highest BCUT2D eigenvalue weighted by atomic mass is 16.5. The van der Waals surface area contributed by atoms with Gasteiger partial charge in [-0.1, -0.05) is 30.3 Å². The summed E-state index contributed by atoms with van der Waals surface area (Å²) in [4.78, 5) is 11.7. The van der Waals surface area contributed by atoms with E-state index in [1.807, 2.05) is 48.5 Å². The van der Waals surface area contributed by atoms with Crippen molar-refractivity contribution in [2.24, 2.45) is 0 Å². The smallest absolute Gasteiger partial charge is 0.178 e. The second kappa shape index (κ2) is 6.04. The number of fused-ring (bicyclic) bond motifs is 1. The first-order valence-electron chi connectivity index (χ1n) is 7.60. The quantitative estimate of drug-likeness (QED) is 0.598. The number of benzene rings is 2. The van der Waals surface area contributed by atoms with E-state index in [9.17, 15) is 5.11 Å². The van der Waals surface area contributed by atoms with Gasteiger partial charge in [0.2, 0.25) is 0 Å². The number of nitrogens with one attached hydrogen (secondary N) is 1. The molecule has 2 N–H and O–H groups in total. The van der Waals surface area contributed by atoms with Crippen molar-refractivity contribution in [2.75, 3.05) is 0 Å². The molecule has 2 aromatic carbocycles. The Morgan fingerprint density at radius 2 is 1.88 bits per heavy atom. The van der Waals surface area contributed by atoms with Gasteiger partial charge in [0.05, 0.1) is 11.1 Å². The summed E-state index contributed by atoms with van der Waals surface area (Å²) in [6.07, 6.45) is 1.69. The topological polar surface area (TPSA) is 71.0 Å². The van der Waals surface area contributed by atoms with Gasteiger partial charge in [0.1, 0.15) is 23.9 Å². The predicted octanol–water partition coefficient (Wildman–Crippen LogP) is 3.91. The summed E-state index contributed by atoms with van der Waals surface area (Å²) in [6, 6.07) is 18.8. The summed E-state index contributed by atoms with van der Waals surface area (Å²) in [6.45, 7) is 0.453. The van der Waals surface area contributed by atoms with E-state index in [1.165, 1.54) is 0 Å². The Bertz CT molecular complexity index is 947. The molecule has 0 saturated carbocycles. The van der Waals surface area contributed by atoms with Crippen LogP contribution in [0.2, 0.25) is 0 Å². The van der Waals surface area contributed by atoms with Crippen LogP contribution >= 0.6 is 0 Å². The zero-order chi connectivity index (χ0) is 16.4. The number of H-pyrrole nitrogens is 1. The zero-order valence-electron chi connectivity index (χ0n) is 12.8. The van der Waals surface area contributed by atoms with Gasteiger partial charge in [-0.3, -0.25) is 0 Å². The van der Waals surface area contributed by atoms with Crippen molar-refractivity contribution < 1.29 is 9.84 Å². The highest BCUT2D eigenvalue weighted by Gasteiger charge is 2.11. The average Bonchev–Trinajstić information content (AvgIpc) is 3.04. The number of aromatic amines is 1. The number of aromatic hydroxyl groups is 1. The predicted molar refractivity (Wildman–Crippen MR) is 91.8 cm³/mol. The molecule has 0 saturated heterocycles. The van der Waals surface area contributed by atoms with Gasteiger partial charge in [-0.2, -0.15) is 0 Å². The number of aromatic nitrogens is 3. The van der Waals surface area contributed by atoms with Crippen LogP contribution in [0.25, 0.3) is 22.6 Å². The third-order valence-corrected chi connectivity index (χ3v) is 3.73. The van der Waals surface area contributed by atoms with Gasteiger partial charge >= 0.3 is 0 Å². The largest absolute Gasteiger partial charge is 0.507 e. The second-order valence-electron chi connectivity index (χ2n) is 5.41. The van der Waals surface area contributed by atoms with Gasteiger partial charge < -0.3 is 14.8 Å². The lowest BCUT2D eigenvalue weighted by Crippen LogP contribution is -1.95. The lowest BCUT2D eigenvalue weighted by molar-refractivity contribution is 0.304. The fourth-order valence-electron chi connectivity index (χ4n) is 2.51. The molecule has 4 aromatic rings. The van der Waals surface area contributed by atoms with Gasteiger partial charge in [-0.25, -0.2) is 9.97 Å². The molecule has 4 rings (SSSR count). The van der Waals surface area contributed by atoms with E-state index in [0.29, 0.717) is 29.4 Å². The molecule has 0 radical (unpaired) electrons. The number of imidazole rings is 1. The molecule has 24 heavy (non-hydrogen) atoms. The minimum Gasteiger partial charge on any atom is -0.507 e. The summed E-state index contributed by atoms with van der Waals surface area (Å²) < 4.78 is 5.72. The van der Waals surface area contributed by atoms with Crippen molar-refractivity contribution in [3.8, 4) is 22.9 Å². The molecule has 5 nitrogen and oxygen atoms in total. The molecule has 0 bridgehead atoms. The van der Waals surface area contributed by atoms with Crippen LogP contribution in [-0.2, 0) is 6.61 Å². The Morgan fingerprint density at radius 1 is 1.00 bits per heavy atom. The molecule has 0 aliphatic rings. The van der Waals surface area contributed by atoms with Gasteiger partial charge in [0, 0.05) is 12.3 Å². The molecule has 5 heteroatoms. The molecule has 0 unspecified atom stereocenters. The minimum atomic E-state index is 0.111. The number of pyridine rings is 1. The zero-order valence-corrected chi connectivity index (χ0v) is 12.8. The highest BCUT2D eigenvalue weighted by molar-refractivity contribution is 5.77. The molecule has 0 aliphatic heterocycles. The maximum atomic E-state index is 10.3. The van der Waals surface area contributed by atoms with Crippen molar-refractivity contribution >= 4 is 11.2 Å². The Balaban J connectivity index is 1.57. The van der Waals surface area contributed by atoms with Crippen molar-refractivity contribution in [2.45, 2.75) is 6.61 Å². The fourth-order valence-corrected chi connectivity index (χ4v) is 2.51. The van der Waals surface area contributed by atoms with Gasteiger partial charge in [0.15, 0.2) is 5.65 Å². The number of hydrogen-bond acceptors (Lipinski definition) is 4. The van der Waals surface area contributed by atoms with E-state index in [-0.39, 0.29) is 5.75 Å². The molecule has 2 heterocycles. The normalized spacial score (nSPS) is 10.8. The van der Waals surface area contributed by atoms with E-state index in [1.54, 1.807) is 18.3 Å². The van der Waals surface area contributed by atoms with Crippen LogP contribution in [0.4, 0.5) is 0 Å². The SMILES string of the molecule is Oc1cc(OCc2ccccc2)ccc1-c1nc2ncccc2[nH]1. The Kier molecular flexibility index (Phi) is 3.59. The molecule has 0 spiro atoms. The summed E-state index contributed by atoms with van der Waals surface area (Å²) in [5, 5.41) is 10.3. The number of phenols is 1. The van der Waals surface area contributed by atoms with Crippen LogP contribution in [0.5, 0.6) is 11.5 Å². The molecule has 0 fully saturated rings. The summed E-state index contributed by atoms with van der Waals surface area (Å²) >= 11 is 0. The molecular weight excluding hydrogens is 302 g/mol. The van der Waals surface area contributed by atoms with Crippen LogP contribution in [0.15, 0.2) is 66.9 Å². The van der Waals surface area contributed by atoms with E-state index in [4.69, 9.17) is 4.74 Å². The number of nitrogens with zero attached hydrogens (tertiary/aromatic N) is 2. The van der Waals surface area contributed by atoms with Crippen molar-refractivity contribution in [3.05, 3.63) is 72.4 Å². The standard InChI is InChI=1S/C19H15N3O2/c23-17-11-14(24-12-13-5-2-1-3-6-13)8-9-15(17)18-21-16-7-4-10-20-19(16)22-18/h1-11,23H,12H2,(H,20,21,22). The van der Waals surface area contributed by atoms with Crippen molar-refractivity contribution in [1.29, 1.82) is 0 Å². The number of phenolic OH excluding ortho intramolecular Hbond substituents is 1. The van der Waals surface area contributed by atoms with E-state index >= 15 is 0 Å². The van der Waals surface area contributed by atoms with Gasteiger partial charge in [0.25, 0.3) is 0 Å². The van der Waals surface area contributed by atoms with E-state index in [0.717, 1.165) is 11.1 Å². The maximum absolute atomic E-state index is 10.3. The molecule has 0 atom stereocenters. The molecule has 0 aliphatic carbocycles. The third-order valence-electron chi connectivity index (χ3n) is 3.73. The Morgan fingerprint density at radius 3 is 2.67 bits per heavy atom. The van der Waals surface area contributed by atoms with Crippen LogP contribution in [0.3, 0.4) is 0 Å². The fraction of sp³-hybridized carbons (Fsp3) is 0.0526. The average molecular weight is 317 g/mol. The van der Waals surface area contributed by atoms with Gasteiger partial charge in [-0.05, 0) is 29.8 Å². The number of rotatable bonds is 4. The van der Waals surface area contributed by atoms with Crippen LogP contribution < -0.4 is 4.74 Å². The van der Waals surface area contributed by atoms with E-state index < -0.39 is 0 Å². The summed E-state index contributed by atoms with van der Waals surface area (Å²) in [7, 11) is 0. The maximum Gasteiger partial charge on any atom is 0.178 e. The lowest BCUT2D eigenvalue weighted by atomic mass is 10.2. The van der Waals surface area contributed by atoms with E-state index in [2.05, 4.69) is 15.0 Å². The first-order chi connectivity index (χ1) is 11.8. The molecular formula is C19H15N3O2. The Labute approximate surface area is 138 Å². The van der Waals surface area contributed by atoms with Crippen LogP contribution in [0.1, 0.15) is 5.56 Å². The minimum absolute atomic E-state index is 0.111. The summed E-state index contributed by atoms with van der Waals surface area (Å²) in [5.74, 6) is 1.30. The Hall–Kier alpha value is -3.34. The highest BCUT2D eigenvalue weighted by Crippen LogP contribution is 2.31. The third kappa shape index (κ3) is 2.79. The van der Waals surface area contributed by atoms with Crippen molar-refractivity contribution in [3.63, 3.8) is 0 Å². The van der Waals surface area contributed by atoms with Crippen LogP contribution in [-0.4, -0.2) is 20.1 Å². The first kappa shape index (κ1) is 14.3. The second-order valence-corrected chi connectivity index (χ2v) is 5.41. The van der Waals surface area contributed by atoms with Gasteiger partial charge in [-0.15, -0.1) is 0 Å². The monoisotopic (exact) mass is 317 g/mol. The first-order valence-corrected chi connectivity index (χ1v) is 7.60. The molecule has 0 amide bonds. The summed E-state index contributed by atoms with van der Waals surface area (Å²) in [5.41, 5.74) is 3.14.